The van der Waals surface area contributed by atoms with Gasteiger partial charge in [-0.15, -0.1) is 0 Å². The molecule has 0 unspecified atom stereocenters. The fraction of sp³-hybridized carbons (Fsp3) is 0.625. The van der Waals surface area contributed by atoms with Crippen molar-refractivity contribution < 1.29 is 25.8 Å². The zero-order chi connectivity index (χ0) is 12.4. The third kappa shape index (κ3) is 2.88. The molecule has 0 aromatic rings. The molecule has 1 aliphatic carbocycles. The summed E-state index contributed by atoms with van der Waals surface area (Å²) in [6.45, 7) is 0. The topological polar surface area (TPSA) is 67.2 Å². The molecule has 0 heterocycles. The summed E-state index contributed by atoms with van der Waals surface area (Å²) in [5.41, 5.74) is -5.42. The largest absolute Gasteiger partial charge is 0.534 e. The van der Waals surface area contributed by atoms with Crippen molar-refractivity contribution in [2.24, 2.45) is 5.92 Å². The average molecular weight is 255 g/mol. The van der Waals surface area contributed by atoms with Crippen LogP contribution in [0.5, 0.6) is 0 Å². The SMILES string of the molecule is N#CC[C@H]1C=C(OS(=O)(=O)C(F)(F)F)CC1. The summed E-state index contributed by atoms with van der Waals surface area (Å²) in [4.78, 5) is 0. The standard InChI is InChI=1S/C8H8F3NO3S/c9-8(10,11)16(13,14)15-7-2-1-6(5-7)3-4-12/h5-6H,1-3H2/t6-/m0/s1. The molecule has 0 radical (unpaired) electrons. The predicted molar refractivity (Wildman–Crippen MR) is 47.1 cm³/mol. The molecule has 0 saturated heterocycles. The molecule has 0 aromatic carbocycles. The number of allylic oxidation sites excluding steroid dienone is 2. The first-order chi connectivity index (χ1) is 7.26. The van der Waals surface area contributed by atoms with E-state index in [0.717, 1.165) is 0 Å². The van der Waals surface area contributed by atoms with Crippen molar-refractivity contribution in [2.75, 3.05) is 0 Å². The van der Waals surface area contributed by atoms with Gasteiger partial charge in [-0.05, 0) is 18.4 Å². The van der Waals surface area contributed by atoms with Gasteiger partial charge in [-0.2, -0.15) is 26.9 Å². The first-order valence-corrected chi connectivity index (χ1v) is 5.75. The van der Waals surface area contributed by atoms with Gasteiger partial charge in [-0.25, -0.2) is 0 Å². The Morgan fingerprint density at radius 2 is 2.19 bits per heavy atom. The second-order valence-corrected chi connectivity index (χ2v) is 4.81. The molecule has 0 fully saturated rings. The lowest BCUT2D eigenvalue weighted by Gasteiger charge is -2.09. The molecule has 0 aromatic heterocycles. The molecule has 0 spiro atoms. The number of hydrogen-bond donors (Lipinski definition) is 0. The number of alkyl halides is 3. The quantitative estimate of drug-likeness (QED) is 0.571. The van der Waals surface area contributed by atoms with Crippen molar-refractivity contribution in [3.05, 3.63) is 11.8 Å². The normalized spacial score (nSPS) is 21.4. The zero-order valence-electron chi connectivity index (χ0n) is 7.99. The minimum absolute atomic E-state index is 0.0989. The summed E-state index contributed by atoms with van der Waals surface area (Å²) >= 11 is 0. The van der Waals surface area contributed by atoms with Gasteiger partial charge in [0, 0.05) is 12.8 Å². The zero-order valence-corrected chi connectivity index (χ0v) is 8.81. The minimum Gasteiger partial charge on any atom is -0.381 e. The Morgan fingerprint density at radius 3 is 2.69 bits per heavy atom. The smallest absolute Gasteiger partial charge is 0.381 e. The van der Waals surface area contributed by atoms with E-state index in [0.29, 0.717) is 6.42 Å². The molecule has 1 aliphatic rings. The van der Waals surface area contributed by atoms with E-state index >= 15 is 0 Å². The molecule has 0 amide bonds. The van der Waals surface area contributed by atoms with Crippen LogP contribution in [0.4, 0.5) is 13.2 Å². The van der Waals surface area contributed by atoms with Crippen molar-refractivity contribution in [1.82, 2.24) is 0 Å². The Morgan fingerprint density at radius 1 is 1.56 bits per heavy atom. The van der Waals surface area contributed by atoms with Crippen molar-refractivity contribution in [2.45, 2.75) is 24.8 Å². The van der Waals surface area contributed by atoms with Crippen LogP contribution in [-0.4, -0.2) is 13.9 Å². The number of hydrogen-bond acceptors (Lipinski definition) is 4. The van der Waals surface area contributed by atoms with Gasteiger partial charge in [0.15, 0.2) is 0 Å². The Bertz CT molecular complexity index is 432. The summed E-state index contributed by atoms with van der Waals surface area (Å²) in [5, 5.41) is 8.36. The first kappa shape index (κ1) is 12.8. The summed E-state index contributed by atoms with van der Waals surface area (Å²) in [7, 11) is -5.57. The lowest BCUT2D eigenvalue weighted by molar-refractivity contribution is -0.0522. The van der Waals surface area contributed by atoms with E-state index in [1.165, 1.54) is 6.08 Å². The maximum Gasteiger partial charge on any atom is 0.534 e. The van der Waals surface area contributed by atoms with E-state index in [1.54, 1.807) is 0 Å². The molecular formula is C8H8F3NO3S. The molecule has 0 saturated carbocycles. The Balaban J connectivity index is 2.71. The van der Waals surface area contributed by atoms with E-state index in [1.807, 2.05) is 6.07 Å². The second kappa shape index (κ2) is 4.33. The average Bonchev–Trinajstić information content (AvgIpc) is 2.50. The fourth-order valence-corrected chi connectivity index (χ4v) is 1.81. The Hall–Kier alpha value is -1.23. The summed E-state index contributed by atoms with van der Waals surface area (Å²) in [6, 6.07) is 1.85. The van der Waals surface area contributed by atoms with Crippen LogP contribution in [0.2, 0.25) is 0 Å². The van der Waals surface area contributed by atoms with Crippen LogP contribution in [0.3, 0.4) is 0 Å². The Kier molecular flexibility index (Phi) is 3.48. The van der Waals surface area contributed by atoms with Gasteiger partial charge in [0.1, 0.15) is 5.76 Å². The lowest BCUT2D eigenvalue weighted by Crippen LogP contribution is -2.25. The van der Waals surface area contributed by atoms with E-state index in [9.17, 15) is 21.6 Å². The molecular weight excluding hydrogens is 247 g/mol. The second-order valence-electron chi connectivity index (χ2n) is 3.28. The summed E-state index contributed by atoms with van der Waals surface area (Å²) < 4.78 is 61.0. The number of rotatable bonds is 3. The molecule has 1 rings (SSSR count). The number of nitrogens with zero attached hydrogens (tertiary/aromatic N) is 1. The molecule has 0 N–H and O–H groups in total. The first-order valence-electron chi connectivity index (χ1n) is 4.34. The Labute approximate surface area is 90.4 Å². The van der Waals surface area contributed by atoms with Crippen LogP contribution >= 0.6 is 0 Å². The highest BCUT2D eigenvalue weighted by Crippen LogP contribution is 2.32. The van der Waals surface area contributed by atoms with Gasteiger partial charge in [0.25, 0.3) is 0 Å². The lowest BCUT2D eigenvalue weighted by atomic mass is 10.1. The van der Waals surface area contributed by atoms with Crippen LogP contribution in [0, 0.1) is 17.2 Å². The molecule has 8 heteroatoms. The van der Waals surface area contributed by atoms with E-state index in [2.05, 4.69) is 4.18 Å². The molecule has 0 bridgehead atoms. The van der Waals surface area contributed by atoms with Crippen LogP contribution in [0.15, 0.2) is 11.8 Å². The van der Waals surface area contributed by atoms with Crippen LogP contribution in [0.25, 0.3) is 0 Å². The molecule has 4 nitrogen and oxygen atoms in total. The van der Waals surface area contributed by atoms with Gasteiger partial charge in [-0.3, -0.25) is 0 Å². The maximum absolute atomic E-state index is 11.9. The maximum atomic E-state index is 11.9. The molecule has 0 aliphatic heterocycles. The van der Waals surface area contributed by atoms with E-state index in [-0.39, 0.29) is 24.5 Å². The molecule has 90 valence electrons. The predicted octanol–water partition coefficient (Wildman–Crippen LogP) is 2.06. The molecule has 16 heavy (non-hydrogen) atoms. The minimum atomic E-state index is -5.57. The number of halogens is 3. The third-order valence-corrected chi connectivity index (χ3v) is 3.04. The van der Waals surface area contributed by atoms with Gasteiger partial charge in [0.2, 0.25) is 0 Å². The van der Waals surface area contributed by atoms with Gasteiger partial charge in [-0.1, -0.05) is 0 Å². The van der Waals surface area contributed by atoms with Crippen molar-refractivity contribution in [1.29, 1.82) is 5.26 Å². The fourth-order valence-electron chi connectivity index (χ4n) is 1.29. The van der Waals surface area contributed by atoms with Crippen molar-refractivity contribution >= 4 is 10.1 Å². The number of nitriles is 1. The van der Waals surface area contributed by atoms with Gasteiger partial charge < -0.3 is 4.18 Å². The third-order valence-electron chi connectivity index (χ3n) is 2.04. The highest BCUT2D eigenvalue weighted by molar-refractivity contribution is 7.87. The van der Waals surface area contributed by atoms with Crippen molar-refractivity contribution in [3.63, 3.8) is 0 Å². The van der Waals surface area contributed by atoms with Gasteiger partial charge >= 0.3 is 15.6 Å². The highest BCUT2D eigenvalue weighted by Gasteiger charge is 2.49. The summed E-state index contributed by atoms with van der Waals surface area (Å²) in [6.07, 6.45) is 1.92. The van der Waals surface area contributed by atoms with Crippen LogP contribution in [-0.2, 0) is 14.3 Å². The van der Waals surface area contributed by atoms with Crippen LogP contribution in [0.1, 0.15) is 19.3 Å². The molecule has 1 atom stereocenters. The monoisotopic (exact) mass is 255 g/mol. The highest BCUT2D eigenvalue weighted by atomic mass is 32.2. The van der Waals surface area contributed by atoms with Gasteiger partial charge in [0.05, 0.1) is 6.07 Å². The van der Waals surface area contributed by atoms with E-state index in [4.69, 9.17) is 5.26 Å². The summed E-state index contributed by atoms with van der Waals surface area (Å²) in [5.74, 6) is -0.471. The van der Waals surface area contributed by atoms with Crippen LogP contribution < -0.4 is 0 Å². The van der Waals surface area contributed by atoms with Crippen molar-refractivity contribution in [3.8, 4) is 6.07 Å². The van der Waals surface area contributed by atoms with E-state index < -0.39 is 15.6 Å².